The summed E-state index contributed by atoms with van der Waals surface area (Å²) in [4.78, 5) is 21.8. The van der Waals surface area contributed by atoms with Crippen LogP contribution in [0.1, 0.15) is 11.3 Å². The van der Waals surface area contributed by atoms with Crippen LogP contribution in [0.3, 0.4) is 0 Å². The molecule has 5 rings (SSSR count). The van der Waals surface area contributed by atoms with Crippen LogP contribution >= 0.6 is 11.6 Å². The summed E-state index contributed by atoms with van der Waals surface area (Å²) < 4.78 is 3.25. The van der Waals surface area contributed by atoms with E-state index in [0.717, 1.165) is 16.7 Å². The largest absolute Gasteiger partial charge is 0.292 e. The van der Waals surface area contributed by atoms with Gasteiger partial charge < -0.3 is 0 Å². The maximum absolute atomic E-state index is 13.1. The van der Waals surface area contributed by atoms with Crippen molar-refractivity contribution < 1.29 is 0 Å². The first-order valence-corrected chi connectivity index (χ1v) is 10.1. The van der Waals surface area contributed by atoms with Crippen molar-refractivity contribution in [2.45, 2.75) is 13.1 Å². The first kappa shape index (κ1) is 19.1. The highest BCUT2D eigenvalue weighted by atomic mass is 35.5. The summed E-state index contributed by atoms with van der Waals surface area (Å²) in [5.74, 6) is 0. The summed E-state index contributed by atoms with van der Waals surface area (Å²) in [6.45, 7) is 0.845. The van der Waals surface area contributed by atoms with Crippen molar-refractivity contribution in [2.24, 2.45) is 0 Å². The van der Waals surface area contributed by atoms with Gasteiger partial charge in [-0.25, -0.2) is 14.6 Å². The molecule has 3 aromatic heterocycles. The number of pyridine rings is 1. The number of nitrogens with zero attached hydrogens (tertiary/aromatic N) is 6. The van der Waals surface area contributed by atoms with Crippen molar-refractivity contribution >= 4 is 22.6 Å². The van der Waals surface area contributed by atoms with E-state index < -0.39 is 0 Å². The van der Waals surface area contributed by atoms with Crippen molar-refractivity contribution in [3.63, 3.8) is 0 Å². The molecule has 0 amide bonds. The van der Waals surface area contributed by atoms with E-state index >= 15 is 0 Å². The third kappa shape index (κ3) is 4.08. The maximum Gasteiger partial charge on any atom is 0.263 e. The molecule has 31 heavy (non-hydrogen) atoms. The topological polar surface area (TPSA) is 78.5 Å². The summed E-state index contributed by atoms with van der Waals surface area (Å²) in [5.41, 5.74) is 3.86. The molecule has 0 bridgehead atoms. The molecular formula is C23H17ClN6O. The van der Waals surface area contributed by atoms with Gasteiger partial charge in [0.15, 0.2) is 5.65 Å². The van der Waals surface area contributed by atoms with E-state index in [0.29, 0.717) is 28.3 Å². The zero-order valence-electron chi connectivity index (χ0n) is 16.4. The van der Waals surface area contributed by atoms with Gasteiger partial charge in [0, 0.05) is 16.8 Å². The highest BCUT2D eigenvalue weighted by molar-refractivity contribution is 6.30. The number of benzene rings is 2. The van der Waals surface area contributed by atoms with Crippen molar-refractivity contribution in [2.75, 3.05) is 0 Å². The Morgan fingerprint density at radius 3 is 2.52 bits per heavy atom. The summed E-state index contributed by atoms with van der Waals surface area (Å²) in [6.07, 6.45) is 5.05. The second kappa shape index (κ2) is 8.12. The number of hydrogen-bond donors (Lipinski definition) is 0. The van der Waals surface area contributed by atoms with Crippen LogP contribution in [0.15, 0.2) is 84.2 Å². The van der Waals surface area contributed by atoms with E-state index in [1.807, 2.05) is 66.9 Å². The molecule has 0 unspecified atom stereocenters. The number of rotatable bonds is 5. The Morgan fingerprint density at radius 1 is 0.903 bits per heavy atom. The number of fused-ring (bicyclic) bond motifs is 1. The van der Waals surface area contributed by atoms with Crippen molar-refractivity contribution in [1.82, 2.24) is 29.5 Å². The molecule has 0 spiro atoms. The number of hydrogen-bond acceptors (Lipinski definition) is 5. The van der Waals surface area contributed by atoms with Crippen molar-refractivity contribution in [3.05, 3.63) is 106 Å². The van der Waals surface area contributed by atoms with Crippen LogP contribution in [-0.4, -0.2) is 29.5 Å². The lowest BCUT2D eigenvalue weighted by Gasteiger charge is -2.06. The second-order valence-electron chi connectivity index (χ2n) is 7.17. The third-order valence-electron chi connectivity index (χ3n) is 4.96. The molecule has 2 aromatic carbocycles. The molecule has 0 radical (unpaired) electrons. The van der Waals surface area contributed by atoms with E-state index in [9.17, 15) is 4.79 Å². The summed E-state index contributed by atoms with van der Waals surface area (Å²) in [5, 5.41) is 9.52. The second-order valence-corrected chi connectivity index (χ2v) is 7.61. The van der Waals surface area contributed by atoms with Crippen LogP contribution in [0.4, 0.5) is 0 Å². The molecule has 0 aliphatic rings. The molecule has 152 valence electrons. The van der Waals surface area contributed by atoms with Gasteiger partial charge in [-0.15, -0.1) is 5.10 Å². The van der Waals surface area contributed by atoms with Gasteiger partial charge in [0.1, 0.15) is 12.0 Å². The molecular weight excluding hydrogens is 412 g/mol. The lowest BCUT2D eigenvalue weighted by molar-refractivity contribution is 0.648. The van der Waals surface area contributed by atoms with Crippen LogP contribution in [0, 0.1) is 0 Å². The predicted molar refractivity (Wildman–Crippen MR) is 119 cm³/mol. The smallest absolute Gasteiger partial charge is 0.263 e. The van der Waals surface area contributed by atoms with Gasteiger partial charge in [-0.05, 0) is 29.3 Å². The van der Waals surface area contributed by atoms with Crippen LogP contribution in [-0.2, 0) is 13.1 Å². The molecule has 3 heterocycles. The summed E-state index contributed by atoms with van der Waals surface area (Å²) in [6, 6.07) is 19.2. The first-order chi connectivity index (χ1) is 15.2. The van der Waals surface area contributed by atoms with Crippen LogP contribution in [0.5, 0.6) is 0 Å². The Kier molecular flexibility index (Phi) is 5.01. The molecule has 0 N–H and O–H groups in total. The van der Waals surface area contributed by atoms with Crippen molar-refractivity contribution in [1.29, 1.82) is 0 Å². The molecule has 0 aliphatic carbocycles. The minimum Gasteiger partial charge on any atom is -0.292 e. The van der Waals surface area contributed by atoms with Gasteiger partial charge in [-0.1, -0.05) is 59.3 Å². The van der Waals surface area contributed by atoms with Crippen molar-refractivity contribution in [3.8, 4) is 11.1 Å². The highest BCUT2D eigenvalue weighted by Gasteiger charge is 2.10. The van der Waals surface area contributed by atoms with Crippen LogP contribution in [0.25, 0.3) is 22.2 Å². The molecule has 0 saturated heterocycles. The quantitative estimate of drug-likeness (QED) is 0.425. The summed E-state index contributed by atoms with van der Waals surface area (Å²) in [7, 11) is 0. The Morgan fingerprint density at radius 2 is 1.71 bits per heavy atom. The fourth-order valence-electron chi connectivity index (χ4n) is 3.39. The van der Waals surface area contributed by atoms with E-state index in [-0.39, 0.29) is 12.1 Å². The zero-order chi connectivity index (χ0) is 21.2. The van der Waals surface area contributed by atoms with Crippen LogP contribution < -0.4 is 5.56 Å². The van der Waals surface area contributed by atoms with Gasteiger partial charge in [-0.2, -0.15) is 0 Å². The normalized spacial score (nSPS) is 11.1. The number of halogens is 1. The fourth-order valence-corrected chi connectivity index (χ4v) is 3.52. The van der Waals surface area contributed by atoms with Gasteiger partial charge in [-0.3, -0.25) is 9.36 Å². The lowest BCUT2D eigenvalue weighted by Crippen LogP contribution is -2.21. The third-order valence-corrected chi connectivity index (χ3v) is 5.21. The zero-order valence-corrected chi connectivity index (χ0v) is 17.1. The first-order valence-electron chi connectivity index (χ1n) is 9.70. The molecule has 0 saturated carbocycles. The van der Waals surface area contributed by atoms with E-state index in [1.165, 1.54) is 10.9 Å². The van der Waals surface area contributed by atoms with Gasteiger partial charge in [0.25, 0.3) is 5.56 Å². The lowest BCUT2D eigenvalue weighted by atomic mass is 10.1. The number of aromatic nitrogens is 6. The van der Waals surface area contributed by atoms with Gasteiger partial charge in [0.2, 0.25) is 0 Å². The Bertz CT molecular complexity index is 1410. The van der Waals surface area contributed by atoms with Gasteiger partial charge >= 0.3 is 0 Å². The molecule has 7 nitrogen and oxygen atoms in total. The standard InChI is InChI=1S/C23H17ClN6O/c24-19-8-6-16(7-9-19)12-30-14-20(27-28-30)13-29-15-26-22-21(23(29)31)10-18(11-25-22)17-4-2-1-3-5-17/h1-11,14-15H,12-13H2. The average Bonchev–Trinajstić information content (AvgIpc) is 3.24. The SMILES string of the molecule is O=c1c2cc(-c3ccccc3)cnc2ncn1Cc1cn(Cc2ccc(Cl)cc2)nn1. The molecule has 0 fully saturated rings. The molecule has 8 heteroatoms. The minimum absolute atomic E-state index is 0.164. The molecule has 0 aliphatic heterocycles. The van der Waals surface area contributed by atoms with Gasteiger partial charge in [0.05, 0.1) is 24.7 Å². The summed E-state index contributed by atoms with van der Waals surface area (Å²) >= 11 is 5.93. The fraction of sp³-hybridized carbons (Fsp3) is 0.0870. The monoisotopic (exact) mass is 428 g/mol. The van der Waals surface area contributed by atoms with E-state index in [1.54, 1.807) is 10.9 Å². The minimum atomic E-state index is -0.164. The van der Waals surface area contributed by atoms with E-state index in [2.05, 4.69) is 20.3 Å². The van der Waals surface area contributed by atoms with Crippen LogP contribution in [0.2, 0.25) is 5.02 Å². The molecule has 5 aromatic rings. The highest BCUT2D eigenvalue weighted by Crippen LogP contribution is 2.20. The Hall–Kier alpha value is -3.84. The predicted octanol–water partition coefficient (Wildman–Crippen LogP) is 3.80. The van der Waals surface area contributed by atoms with E-state index in [4.69, 9.17) is 11.6 Å². The average molecular weight is 429 g/mol. The Labute approximate surface area is 182 Å². The molecule has 0 atom stereocenters. The maximum atomic E-state index is 13.1. The Balaban J connectivity index is 1.41.